The summed E-state index contributed by atoms with van der Waals surface area (Å²) >= 11 is 12.0. The number of H-pyrrole nitrogens is 1. The van der Waals surface area contributed by atoms with Crippen LogP contribution in [0.5, 0.6) is 5.75 Å². The number of hydrogen-bond donors (Lipinski definition) is 1. The Hall–Kier alpha value is -1.71. The summed E-state index contributed by atoms with van der Waals surface area (Å²) in [6, 6.07) is 11.4. The molecule has 1 N–H and O–H groups in total. The summed E-state index contributed by atoms with van der Waals surface area (Å²) in [5.74, 6) is 1.65. The Labute approximate surface area is 132 Å². The molecule has 0 fully saturated rings. The Bertz CT molecular complexity index is 727. The number of nitrogens with one attached hydrogen (secondary N) is 1. The van der Waals surface area contributed by atoms with Crippen molar-refractivity contribution >= 4 is 34.2 Å². The van der Waals surface area contributed by atoms with Crippen LogP contribution in [0.3, 0.4) is 0 Å². The van der Waals surface area contributed by atoms with E-state index in [9.17, 15) is 0 Å². The number of fused-ring (bicyclic) bond motifs is 1. The van der Waals surface area contributed by atoms with E-state index in [0.717, 1.165) is 41.2 Å². The van der Waals surface area contributed by atoms with Crippen LogP contribution >= 0.6 is 23.2 Å². The molecule has 0 saturated carbocycles. The fourth-order valence-electron chi connectivity index (χ4n) is 2.07. The summed E-state index contributed by atoms with van der Waals surface area (Å²) in [5.41, 5.74) is 2.65. The van der Waals surface area contributed by atoms with Crippen LogP contribution in [-0.4, -0.2) is 16.6 Å². The Morgan fingerprint density at radius 1 is 1.10 bits per heavy atom. The van der Waals surface area contributed by atoms with Gasteiger partial charge in [0.1, 0.15) is 11.6 Å². The smallest absolute Gasteiger partial charge is 0.138 e. The van der Waals surface area contributed by atoms with Gasteiger partial charge < -0.3 is 9.72 Å². The molecule has 0 atom stereocenters. The number of benzene rings is 2. The van der Waals surface area contributed by atoms with Crippen molar-refractivity contribution in [1.29, 1.82) is 0 Å². The van der Waals surface area contributed by atoms with E-state index < -0.39 is 0 Å². The Kier molecular flexibility index (Phi) is 4.04. The van der Waals surface area contributed by atoms with Gasteiger partial charge in [0.25, 0.3) is 0 Å². The highest BCUT2D eigenvalue weighted by molar-refractivity contribution is 6.42. The second-order valence-corrected chi connectivity index (χ2v) is 5.56. The van der Waals surface area contributed by atoms with E-state index in [-0.39, 0.29) is 0 Å². The number of aromatic nitrogens is 2. The minimum Gasteiger partial charge on any atom is -0.494 e. The molecule has 0 unspecified atom stereocenters. The van der Waals surface area contributed by atoms with Crippen molar-refractivity contribution in [1.82, 2.24) is 9.97 Å². The molecule has 21 heavy (non-hydrogen) atoms. The SMILES string of the molecule is CCCOc1ccc(-c2nc3cc(Cl)c(Cl)cc3[nH]2)cc1. The van der Waals surface area contributed by atoms with Crippen LogP contribution in [0.2, 0.25) is 10.0 Å². The van der Waals surface area contributed by atoms with Gasteiger partial charge >= 0.3 is 0 Å². The first-order valence-electron chi connectivity index (χ1n) is 6.75. The third kappa shape index (κ3) is 2.99. The van der Waals surface area contributed by atoms with Crippen LogP contribution in [0.25, 0.3) is 22.4 Å². The fraction of sp³-hybridized carbons (Fsp3) is 0.188. The van der Waals surface area contributed by atoms with Crippen LogP contribution in [0.1, 0.15) is 13.3 Å². The number of halogens is 2. The second-order valence-electron chi connectivity index (χ2n) is 4.74. The number of hydrogen-bond acceptors (Lipinski definition) is 2. The van der Waals surface area contributed by atoms with E-state index in [0.29, 0.717) is 10.0 Å². The van der Waals surface area contributed by atoms with E-state index >= 15 is 0 Å². The van der Waals surface area contributed by atoms with Gasteiger partial charge in [-0.05, 0) is 42.8 Å². The van der Waals surface area contributed by atoms with E-state index in [1.54, 1.807) is 12.1 Å². The average Bonchev–Trinajstić information content (AvgIpc) is 2.89. The highest BCUT2D eigenvalue weighted by Crippen LogP contribution is 2.29. The van der Waals surface area contributed by atoms with Gasteiger partial charge in [-0.25, -0.2) is 4.98 Å². The Balaban J connectivity index is 1.92. The molecule has 0 spiro atoms. The molecule has 0 radical (unpaired) electrons. The maximum Gasteiger partial charge on any atom is 0.138 e. The van der Waals surface area contributed by atoms with E-state index in [1.165, 1.54) is 0 Å². The molecule has 3 nitrogen and oxygen atoms in total. The maximum atomic E-state index is 6.02. The summed E-state index contributed by atoms with van der Waals surface area (Å²) < 4.78 is 5.57. The molecule has 108 valence electrons. The molecule has 1 heterocycles. The van der Waals surface area contributed by atoms with Crippen molar-refractivity contribution in [2.45, 2.75) is 13.3 Å². The third-order valence-corrected chi connectivity index (χ3v) is 3.85. The highest BCUT2D eigenvalue weighted by atomic mass is 35.5. The van der Waals surface area contributed by atoms with E-state index in [4.69, 9.17) is 27.9 Å². The normalized spacial score (nSPS) is 11.0. The van der Waals surface area contributed by atoms with Gasteiger partial charge in [0.05, 0.1) is 27.7 Å². The van der Waals surface area contributed by atoms with Crippen LogP contribution in [0, 0.1) is 0 Å². The lowest BCUT2D eigenvalue weighted by atomic mass is 10.2. The molecule has 0 aliphatic heterocycles. The molecule has 1 aromatic heterocycles. The van der Waals surface area contributed by atoms with Crippen molar-refractivity contribution in [2.75, 3.05) is 6.61 Å². The number of ether oxygens (including phenoxy) is 1. The van der Waals surface area contributed by atoms with Crippen molar-refractivity contribution in [3.63, 3.8) is 0 Å². The minimum absolute atomic E-state index is 0.505. The molecule has 0 bridgehead atoms. The summed E-state index contributed by atoms with van der Waals surface area (Å²) in [6.07, 6.45) is 0.993. The van der Waals surface area contributed by atoms with Gasteiger partial charge in [0.2, 0.25) is 0 Å². The van der Waals surface area contributed by atoms with Gasteiger partial charge in [0, 0.05) is 5.56 Å². The second kappa shape index (κ2) is 5.96. The molecule has 0 amide bonds. The summed E-state index contributed by atoms with van der Waals surface area (Å²) in [7, 11) is 0. The standard InChI is InChI=1S/C16H14Cl2N2O/c1-2-7-21-11-5-3-10(4-6-11)16-19-14-8-12(17)13(18)9-15(14)20-16/h3-6,8-9H,2,7H2,1H3,(H,19,20). The van der Waals surface area contributed by atoms with Gasteiger partial charge in [-0.2, -0.15) is 0 Å². The molecule has 0 aliphatic carbocycles. The number of nitrogens with zero attached hydrogens (tertiary/aromatic N) is 1. The van der Waals surface area contributed by atoms with Gasteiger partial charge in [-0.3, -0.25) is 0 Å². The van der Waals surface area contributed by atoms with Gasteiger partial charge in [-0.1, -0.05) is 30.1 Å². The monoisotopic (exact) mass is 320 g/mol. The predicted molar refractivity (Wildman–Crippen MR) is 87.3 cm³/mol. The highest BCUT2D eigenvalue weighted by Gasteiger charge is 2.08. The lowest BCUT2D eigenvalue weighted by Gasteiger charge is -2.04. The van der Waals surface area contributed by atoms with Crippen molar-refractivity contribution in [3.8, 4) is 17.1 Å². The summed E-state index contributed by atoms with van der Waals surface area (Å²) in [6.45, 7) is 2.81. The molecular weight excluding hydrogens is 307 g/mol. The van der Waals surface area contributed by atoms with Crippen molar-refractivity contribution < 1.29 is 4.74 Å². The lowest BCUT2D eigenvalue weighted by Crippen LogP contribution is -1.94. The van der Waals surface area contributed by atoms with E-state index in [2.05, 4.69) is 16.9 Å². The zero-order chi connectivity index (χ0) is 14.8. The first kappa shape index (κ1) is 14.2. The molecule has 0 saturated heterocycles. The lowest BCUT2D eigenvalue weighted by molar-refractivity contribution is 0.317. The molecular formula is C16H14Cl2N2O. The zero-order valence-electron chi connectivity index (χ0n) is 11.5. The number of aromatic amines is 1. The van der Waals surface area contributed by atoms with Crippen LogP contribution in [-0.2, 0) is 0 Å². The Morgan fingerprint density at radius 2 is 1.81 bits per heavy atom. The van der Waals surface area contributed by atoms with Gasteiger partial charge in [-0.15, -0.1) is 0 Å². The average molecular weight is 321 g/mol. The maximum absolute atomic E-state index is 6.02. The topological polar surface area (TPSA) is 37.9 Å². The van der Waals surface area contributed by atoms with Crippen molar-refractivity contribution in [2.24, 2.45) is 0 Å². The molecule has 0 aliphatic rings. The summed E-state index contributed by atoms with van der Waals surface area (Å²) in [4.78, 5) is 7.78. The number of imidazole rings is 1. The fourth-order valence-corrected chi connectivity index (χ4v) is 2.39. The van der Waals surface area contributed by atoms with Crippen LogP contribution < -0.4 is 4.74 Å². The third-order valence-electron chi connectivity index (χ3n) is 3.12. The minimum atomic E-state index is 0.505. The number of rotatable bonds is 4. The van der Waals surface area contributed by atoms with Gasteiger partial charge in [0.15, 0.2) is 0 Å². The largest absolute Gasteiger partial charge is 0.494 e. The first-order valence-corrected chi connectivity index (χ1v) is 7.51. The molecule has 5 heteroatoms. The van der Waals surface area contributed by atoms with Crippen LogP contribution in [0.4, 0.5) is 0 Å². The van der Waals surface area contributed by atoms with Crippen molar-refractivity contribution in [3.05, 3.63) is 46.4 Å². The molecule has 2 aromatic carbocycles. The molecule has 3 rings (SSSR count). The predicted octanol–water partition coefficient (Wildman–Crippen LogP) is 5.33. The quantitative estimate of drug-likeness (QED) is 0.705. The van der Waals surface area contributed by atoms with Crippen LogP contribution in [0.15, 0.2) is 36.4 Å². The molecule has 3 aromatic rings. The Morgan fingerprint density at radius 3 is 2.52 bits per heavy atom. The zero-order valence-corrected chi connectivity index (χ0v) is 13.0. The first-order chi connectivity index (χ1) is 10.2. The summed E-state index contributed by atoms with van der Waals surface area (Å²) in [5, 5.41) is 1.02. The van der Waals surface area contributed by atoms with E-state index in [1.807, 2.05) is 24.3 Å².